The number of aliphatic hydroxyl groups is 1. The Balaban J connectivity index is 2.16. The fourth-order valence-corrected chi connectivity index (χ4v) is 6.75. The third kappa shape index (κ3) is 5.89. The molecule has 3 rings (SSSR count). The van der Waals surface area contributed by atoms with Crippen LogP contribution in [0.3, 0.4) is 0 Å². The van der Waals surface area contributed by atoms with Crippen molar-refractivity contribution in [1.29, 1.82) is 0 Å². The summed E-state index contributed by atoms with van der Waals surface area (Å²) < 4.78 is 10.9. The summed E-state index contributed by atoms with van der Waals surface area (Å²) in [6, 6.07) is 0. The van der Waals surface area contributed by atoms with Gasteiger partial charge in [-0.3, -0.25) is 19.2 Å². The maximum atomic E-state index is 14.0. The first-order valence-corrected chi connectivity index (χ1v) is 13.7. The normalized spacial score (nSPS) is 30.1. The minimum atomic E-state index is -1.28. The Morgan fingerprint density at radius 1 is 1.00 bits per heavy atom. The number of ketones is 2. The molecule has 40 heavy (non-hydrogen) atoms. The van der Waals surface area contributed by atoms with E-state index in [9.17, 15) is 34.2 Å². The number of carbonyl (C=O) groups is 5. The first kappa shape index (κ1) is 31.2. The van der Waals surface area contributed by atoms with Gasteiger partial charge in [0.05, 0.1) is 5.60 Å². The summed E-state index contributed by atoms with van der Waals surface area (Å²) in [6.45, 7) is 11.1. The molecule has 2 N–H and O–H groups in total. The van der Waals surface area contributed by atoms with E-state index >= 15 is 0 Å². The van der Waals surface area contributed by atoms with Crippen LogP contribution < -0.4 is 0 Å². The zero-order valence-electron chi connectivity index (χ0n) is 24.4. The quantitative estimate of drug-likeness (QED) is 0.181. The molecule has 0 heterocycles. The van der Waals surface area contributed by atoms with E-state index in [0.29, 0.717) is 38.5 Å². The van der Waals surface area contributed by atoms with Gasteiger partial charge >= 0.3 is 17.9 Å². The molecule has 0 bridgehead atoms. The van der Waals surface area contributed by atoms with Crippen LogP contribution in [0.5, 0.6) is 0 Å². The third-order valence-corrected chi connectivity index (χ3v) is 8.58. The monoisotopic (exact) mass is 556 g/mol. The molecule has 3 aliphatic carbocycles. The van der Waals surface area contributed by atoms with E-state index in [2.05, 4.69) is 0 Å². The summed E-state index contributed by atoms with van der Waals surface area (Å²) in [5.41, 5.74) is -0.898. The van der Waals surface area contributed by atoms with E-state index in [1.165, 1.54) is 13.8 Å². The Bertz CT molecular complexity index is 1260. The van der Waals surface area contributed by atoms with Crippen molar-refractivity contribution >= 4 is 29.5 Å². The highest BCUT2D eigenvalue weighted by Crippen LogP contribution is 2.61. The topological polar surface area (TPSA) is 144 Å². The van der Waals surface area contributed by atoms with E-state index in [4.69, 9.17) is 9.47 Å². The van der Waals surface area contributed by atoms with Crippen LogP contribution in [0, 0.1) is 17.3 Å². The molecular weight excluding hydrogens is 516 g/mol. The van der Waals surface area contributed by atoms with Crippen molar-refractivity contribution in [2.24, 2.45) is 17.3 Å². The minimum Gasteiger partial charge on any atom is -0.478 e. The fraction of sp³-hybridized carbons (Fsp3) is 0.581. The van der Waals surface area contributed by atoms with E-state index in [0.717, 1.165) is 12.5 Å². The summed E-state index contributed by atoms with van der Waals surface area (Å²) in [5.74, 6) is -5.01. The van der Waals surface area contributed by atoms with Crippen molar-refractivity contribution in [3.05, 3.63) is 45.8 Å². The second kappa shape index (κ2) is 11.6. The number of carbonyl (C=O) groups excluding carboxylic acids is 4. The smallest absolute Gasteiger partial charge is 0.331 e. The Morgan fingerprint density at radius 3 is 2.20 bits per heavy atom. The highest BCUT2D eigenvalue weighted by atomic mass is 16.5. The summed E-state index contributed by atoms with van der Waals surface area (Å²) in [7, 11) is 0. The Labute approximate surface area is 235 Å². The second-order valence-electron chi connectivity index (χ2n) is 11.9. The molecule has 9 nitrogen and oxygen atoms in total. The average molecular weight is 557 g/mol. The molecule has 5 atom stereocenters. The van der Waals surface area contributed by atoms with Gasteiger partial charge in [-0.05, 0) is 72.1 Å². The van der Waals surface area contributed by atoms with E-state index < -0.39 is 52.5 Å². The molecule has 0 aromatic heterocycles. The lowest BCUT2D eigenvalue weighted by molar-refractivity contribution is -0.157. The Kier molecular flexibility index (Phi) is 9.09. The van der Waals surface area contributed by atoms with Gasteiger partial charge in [0.1, 0.15) is 6.10 Å². The number of carboxylic acid groups (broad SMARTS) is 1. The minimum absolute atomic E-state index is 0.00511. The number of rotatable bonds is 9. The molecule has 0 spiro atoms. The number of hydrogen-bond donors (Lipinski definition) is 2. The number of Topliss-reactive ketones (excluding diaryl/α,β-unsaturated/α-hetero) is 2. The molecule has 0 radical (unpaired) electrons. The molecule has 1 unspecified atom stereocenters. The van der Waals surface area contributed by atoms with Gasteiger partial charge in [-0.25, -0.2) is 4.79 Å². The van der Waals surface area contributed by atoms with Gasteiger partial charge in [-0.15, -0.1) is 0 Å². The first-order valence-electron chi connectivity index (χ1n) is 13.7. The lowest BCUT2D eigenvalue weighted by Gasteiger charge is -2.51. The Morgan fingerprint density at radius 2 is 1.65 bits per heavy atom. The van der Waals surface area contributed by atoms with Crippen LogP contribution in [0.1, 0.15) is 87.0 Å². The molecule has 0 saturated heterocycles. The first-order chi connectivity index (χ1) is 18.5. The number of hydrogen-bond acceptors (Lipinski definition) is 8. The van der Waals surface area contributed by atoms with Crippen molar-refractivity contribution in [3.8, 4) is 0 Å². The molecule has 1 saturated carbocycles. The van der Waals surface area contributed by atoms with Crippen LogP contribution in [0.15, 0.2) is 45.8 Å². The van der Waals surface area contributed by atoms with Crippen LogP contribution in [0.2, 0.25) is 0 Å². The van der Waals surface area contributed by atoms with E-state index in [1.807, 2.05) is 26.8 Å². The van der Waals surface area contributed by atoms with Gasteiger partial charge in [0.15, 0.2) is 11.5 Å². The molecule has 0 aromatic carbocycles. The van der Waals surface area contributed by atoms with Gasteiger partial charge in [-0.2, -0.15) is 0 Å². The maximum absolute atomic E-state index is 14.0. The van der Waals surface area contributed by atoms with Gasteiger partial charge in [0.2, 0.25) is 5.78 Å². The van der Waals surface area contributed by atoms with Crippen molar-refractivity contribution in [2.75, 3.05) is 0 Å². The van der Waals surface area contributed by atoms with Gasteiger partial charge in [0, 0.05) is 47.5 Å². The van der Waals surface area contributed by atoms with Gasteiger partial charge in [0.25, 0.3) is 0 Å². The van der Waals surface area contributed by atoms with Crippen LogP contribution in [-0.2, 0) is 33.4 Å². The van der Waals surface area contributed by atoms with Crippen LogP contribution in [0.4, 0.5) is 0 Å². The number of ether oxygens (including phenoxy) is 2. The van der Waals surface area contributed by atoms with Crippen molar-refractivity contribution < 1.29 is 43.7 Å². The predicted molar refractivity (Wildman–Crippen MR) is 146 cm³/mol. The largest absolute Gasteiger partial charge is 0.478 e. The molecule has 0 aliphatic heterocycles. The van der Waals surface area contributed by atoms with Crippen molar-refractivity contribution in [2.45, 2.75) is 98.7 Å². The molecule has 0 amide bonds. The number of fused-ring (bicyclic) bond motifs is 1. The van der Waals surface area contributed by atoms with Crippen molar-refractivity contribution in [1.82, 2.24) is 0 Å². The molecular formula is C31H40O9. The predicted octanol–water partition coefficient (Wildman–Crippen LogP) is 4.54. The zero-order valence-corrected chi connectivity index (χ0v) is 24.4. The van der Waals surface area contributed by atoms with Gasteiger partial charge in [-0.1, -0.05) is 24.6 Å². The van der Waals surface area contributed by atoms with Crippen molar-refractivity contribution in [3.63, 3.8) is 0 Å². The SMILES string of the molecule is CC(=O)OC1=C(C)C(=O)C2=C(C1=O)[C@](C)(CC/C=C(/CCC=C(C)C)C(=O)O)[C@H]1CCC(C)(O)[C@@H]1[C@@H]2OC(C)=O. The van der Waals surface area contributed by atoms with E-state index in [-0.39, 0.29) is 34.0 Å². The number of aliphatic carboxylic acids is 1. The molecule has 0 aromatic rings. The zero-order chi connectivity index (χ0) is 30.2. The standard InChI is InChI=1S/C31H40O9/c1-16(2)10-8-11-20(29(36)37)12-9-14-30(6)21-13-15-31(7,38)23(21)28(40-19(5)33)22-24(30)26(35)27(39-18(4)32)17(3)25(22)34/h10,12,21,23,28,38H,8-9,11,13-15H2,1-7H3,(H,36,37)/b20-12-/t21-,23-,28+,30+,31?/m0/s1. The lowest BCUT2D eigenvalue weighted by atomic mass is 9.54. The molecule has 218 valence electrons. The molecule has 1 fully saturated rings. The summed E-state index contributed by atoms with van der Waals surface area (Å²) in [6.07, 6.45) is 4.82. The van der Waals surface area contributed by atoms with Crippen LogP contribution in [0.25, 0.3) is 0 Å². The molecule has 3 aliphatic rings. The second-order valence-corrected chi connectivity index (χ2v) is 11.9. The highest BCUT2D eigenvalue weighted by molar-refractivity contribution is 6.26. The lowest BCUT2D eigenvalue weighted by Crippen LogP contribution is -2.55. The van der Waals surface area contributed by atoms with E-state index in [1.54, 1.807) is 13.0 Å². The fourth-order valence-electron chi connectivity index (χ4n) is 6.75. The van der Waals surface area contributed by atoms with Crippen LogP contribution >= 0.6 is 0 Å². The van der Waals surface area contributed by atoms with Gasteiger partial charge < -0.3 is 19.7 Å². The summed E-state index contributed by atoms with van der Waals surface area (Å²) >= 11 is 0. The highest BCUT2D eigenvalue weighted by Gasteiger charge is 2.63. The van der Waals surface area contributed by atoms with Crippen LogP contribution in [-0.4, -0.2) is 51.4 Å². The molecule has 9 heteroatoms. The average Bonchev–Trinajstić information content (AvgIpc) is 3.16. The number of allylic oxidation sites excluding steroid dienone is 5. The number of carboxylic acids is 1. The Hall–Kier alpha value is -3.33. The summed E-state index contributed by atoms with van der Waals surface area (Å²) in [4.78, 5) is 63.7. The third-order valence-electron chi connectivity index (χ3n) is 8.58. The number of esters is 2. The summed E-state index contributed by atoms with van der Waals surface area (Å²) in [5, 5.41) is 21.2. The maximum Gasteiger partial charge on any atom is 0.331 e.